The number of ether oxygens (including phenoxy) is 4. The van der Waals surface area contributed by atoms with Crippen LogP contribution < -0.4 is 19.5 Å². The highest BCUT2D eigenvalue weighted by molar-refractivity contribution is 6.12. The second-order valence-electron chi connectivity index (χ2n) is 8.08. The molecular weight excluding hydrogens is 442 g/mol. The molecule has 0 fully saturated rings. The van der Waals surface area contributed by atoms with E-state index >= 15 is 0 Å². The average molecular weight is 469 g/mol. The Morgan fingerprint density at radius 1 is 1.09 bits per heavy atom. The number of allylic oxidation sites excluding steroid dienone is 2. The Hall–Kier alpha value is -3.75. The van der Waals surface area contributed by atoms with Crippen molar-refractivity contribution in [1.82, 2.24) is 5.32 Å². The van der Waals surface area contributed by atoms with Crippen molar-refractivity contribution < 1.29 is 37.7 Å². The van der Waals surface area contributed by atoms with E-state index in [1.165, 1.54) is 27.6 Å². The average Bonchev–Trinajstić information content (AvgIpc) is 3.37. The van der Waals surface area contributed by atoms with Crippen molar-refractivity contribution in [2.24, 2.45) is 5.92 Å². The molecule has 9 nitrogen and oxygen atoms in total. The summed E-state index contributed by atoms with van der Waals surface area (Å²) in [4.78, 5) is 39.5. The molecule has 9 heteroatoms. The standard InChI is InChI=1S/C25H27NO8/c1-5-33-25(29)22-15(17-7-6-8-34-17)11-16-21(23(22)28)14(12-20(27)26-16)13-9-18(30-2)24(32-4)19(10-13)31-3/h6-10,14-15,22H,5,11-12H2,1-4H3,(H,26,27)/t14-,15+,22+/m0/s1. The molecule has 2 heterocycles. The number of rotatable bonds is 7. The molecule has 180 valence electrons. The lowest BCUT2D eigenvalue weighted by atomic mass is 9.69. The number of hydrogen-bond acceptors (Lipinski definition) is 8. The van der Waals surface area contributed by atoms with Gasteiger partial charge in [0.2, 0.25) is 11.7 Å². The zero-order valence-electron chi connectivity index (χ0n) is 19.5. The Balaban J connectivity index is 1.85. The summed E-state index contributed by atoms with van der Waals surface area (Å²) in [5.41, 5.74) is 1.51. The van der Waals surface area contributed by atoms with Crippen LogP contribution in [0.4, 0.5) is 0 Å². The molecule has 1 aliphatic carbocycles. The first-order valence-electron chi connectivity index (χ1n) is 11.0. The minimum absolute atomic E-state index is 0.0319. The van der Waals surface area contributed by atoms with Gasteiger partial charge in [0.1, 0.15) is 11.7 Å². The molecule has 1 amide bonds. The van der Waals surface area contributed by atoms with Crippen LogP contribution in [-0.4, -0.2) is 45.6 Å². The van der Waals surface area contributed by atoms with Gasteiger partial charge in [0.25, 0.3) is 0 Å². The van der Waals surface area contributed by atoms with Gasteiger partial charge in [-0.15, -0.1) is 0 Å². The number of Topliss-reactive ketones (excluding diaryl/α,β-unsaturated/α-hetero) is 1. The van der Waals surface area contributed by atoms with Crippen molar-refractivity contribution in [3.63, 3.8) is 0 Å². The Kier molecular flexibility index (Phi) is 6.63. The number of amides is 1. The lowest BCUT2D eigenvalue weighted by molar-refractivity contribution is -0.152. The quantitative estimate of drug-likeness (QED) is 0.486. The second-order valence-corrected chi connectivity index (χ2v) is 8.08. The van der Waals surface area contributed by atoms with Gasteiger partial charge >= 0.3 is 5.97 Å². The minimum atomic E-state index is -1.08. The number of furan rings is 1. The number of nitrogens with one attached hydrogen (secondary N) is 1. The first kappa shape index (κ1) is 23.4. The van der Waals surface area contributed by atoms with Gasteiger partial charge in [-0.05, 0) is 43.2 Å². The van der Waals surface area contributed by atoms with Crippen LogP contribution in [0, 0.1) is 5.92 Å². The third kappa shape index (κ3) is 4.02. The van der Waals surface area contributed by atoms with E-state index in [9.17, 15) is 14.4 Å². The van der Waals surface area contributed by atoms with Gasteiger partial charge in [-0.2, -0.15) is 0 Å². The van der Waals surface area contributed by atoms with Crippen LogP contribution in [0.25, 0.3) is 0 Å². The molecule has 1 aromatic carbocycles. The maximum Gasteiger partial charge on any atom is 0.317 e. The maximum atomic E-state index is 13.9. The highest BCUT2D eigenvalue weighted by Gasteiger charge is 2.48. The van der Waals surface area contributed by atoms with Crippen LogP contribution in [0.15, 0.2) is 46.2 Å². The fourth-order valence-corrected chi connectivity index (χ4v) is 4.81. The number of carbonyl (C=O) groups excluding carboxylic acids is 3. The first-order valence-corrected chi connectivity index (χ1v) is 11.0. The molecular formula is C25H27NO8. The Labute approximate surface area is 197 Å². The third-order valence-electron chi connectivity index (χ3n) is 6.27. The van der Waals surface area contributed by atoms with E-state index in [1.54, 1.807) is 31.2 Å². The predicted molar refractivity (Wildman–Crippen MR) is 120 cm³/mol. The van der Waals surface area contributed by atoms with Crippen molar-refractivity contribution >= 4 is 17.7 Å². The van der Waals surface area contributed by atoms with Crippen molar-refractivity contribution in [1.29, 1.82) is 0 Å². The SMILES string of the molecule is CCOC(=O)[C@H]1C(=O)C2=C(C[C@@H]1c1ccco1)NC(=O)C[C@H]2c1cc(OC)c(OC)c(OC)c1. The molecule has 0 spiro atoms. The van der Waals surface area contributed by atoms with Crippen LogP contribution in [0.5, 0.6) is 17.2 Å². The van der Waals surface area contributed by atoms with E-state index in [0.717, 1.165) is 0 Å². The largest absolute Gasteiger partial charge is 0.493 e. The molecule has 0 radical (unpaired) electrons. The lowest BCUT2D eigenvalue weighted by Crippen LogP contribution is -2.44. The first-order chi connectivity index (χ1) is 16.4. The van der Waals surface area contributed by atoms with Crippen molar-refractivity contribution in [3.8, 4) is 17.2 Å². The van der Waals surface area contributed by atoms with Crippen LogP contribution in [0.3, 0.4) is 0 Å². The van der Waals surface area contributed by atoms with E-state index in [1.807, 2.05) is 0 Å². The normalized spacial score (nSPS) is 22.1. The van der Waals surface area contributed by atoms with Crippen LogP contribution in [-0.2, 0) is 19.1 Å². The molecule has 3 atom stereocenters. The summed E-state index contributed by atoms with van der Waals surface area (Å²) in [5.74, 6) is -1.78. The van der Waals surface area contributed by atoms with E-state index in [4.69, 9.17) is 23.4 Å². The van der Waals surface area contributed by atoms with Gasteiger partial charge in [-0.3, -0.25) is 14.4 Å². The Morgan fingerprint density at radius 2 is 1.79 bits per heavy atom. The minimum Gasteiger partial charge on any atom is -0.493 e. The molecule has 1 aliphatic heterocycles. The molecule has 4 rings (SSSR count). The van der Waals surface area contributed by atoms with E-state index in [2.05, 4.69) is 5.32 Å². The van der Waals surface area contributed by atoms with Gasteiger partial charge < -0.3 is 28.7 Å². The number of carbonyl (C=O) groups is 3. The molecule has 0 bridgehead atoms. The molecule has 34 heavy (non-hydrogen) atoms. The molecule has 0 saturated heterocycles. The zero-order chi connectivity index (χ0) is 24.4. The number of hydrogen-bond donors (Lipinski definition) is 1. The summed E-state index contributed by atoms with van der Waals surface area (Å²) in [7, 11) is 4.49. The number of methoxy groups -OCH3 is 3. The summed E-state index contributed by atoms with van der Waals surface area (Å²) in [6.45, 7) is 1.84. The van der Waals surface area contributed by atoms with Gasteiger partial charge in [0, 0.05) is 29.5 Å². The number of esters is 1. The lowest BCUT2D eigenvalue weighted by Gasteiger charge is -2.37. The van der Waals surface area contributed by atoms with Crippen molar-refractivity contribution in [2.45, 2.75) is 31.6 Å². The highest BCUT2D eigenvalue weighted by atomic mass is 16.5. The molecule has 2 aromatic rings. The molecule has 0 unspecified atom stereocenters. The topological polar surface area (TPSA) is 113 Å². The highest BCUT2D eigenvalue weighted by Crippen LogP contribution is 2.48. The molecule has 2 aliphatic rings. The smallest absolute Gasteiger partial charge is 0.317 e. The van der Waals surface area contributed by atoms with Crippen LogP contribution in [0.2, 0.25) is 0 Å². The monoisotopic (exact) mass is 469 g/mol. The maximum absolute atomic E-state index is 13.9. The van der Waals surface area contributed by atoms with Crippen molar-refractivity contribution in [3.05, 3.63) is 53.1 Å². The van der Waals surface area contributed by atoms with E-state index in [0.29, 0.717) is 39.8 Å². The van der Waals surface area contributed by atoms with E-state index < -0.39 is 23.7 Å². The van der Waals surface area contributed by atoms with E-state index in [-0.39, 0.29) is 31.1 Å². The van der Waals surface area contributed by atoms with Crippen LogP contribution in [0.1, 0.15) is 42.9 Å². The Morgan fingerprint density at radius 3 is 2.35 bits per heavy atom. The van der Waals surface area contributed by atoms with Gasteiger partial charge in [-0.1, -0.05) is 0 Å². The second kappa shape index (κ2) is 9.62. The van der Waals surface area contributed by atoms with Gasteiger partial charge in [0.15, 0.2) is 17.3 Å². The fourth-order valence-electron chi connectivity index (χ4n) is 4.81. The summed E-state index contributed by atoms with van der Waals surface area (Å²) in [5, 5.41) is 2.85. The summed E-state index contributed by atoms with van der Waals surface area (Å²) < 4.78 is 27.1. The van der Waals surface area contributed by atoms with Gasteiger partial charge in [-0.25, -0.2) is 0 Å². The molecule has 1 N–H and O–H groups in total. The number of ketones is 1. The van der Waals surface area contributed by atoms with Crippen molar-refractivity contribution in [2.75, 3.05) is 27.9 Å². The molecule has 1 aromatic heterocycles. The van der Waals surface area contributed by atoms with Gasteiger partial charge in [0.05, 0.1) is 34.2 Å². The number of benzene rings is 1. The summed E-state index contributed by atoms with van der Waals surface area (Å²) in [6, 6.07) is 6.86. The predicted octanol–water partition coefficient (Wildman–Crippen LogP) is 3.10. The van der Waals surface area contributed by atoms with Crippen LogP contribution >= 0.6 is 0 Å². The molecule has 0 saturated carbocycles. The zero-order valence-corrected chi connectivity index (χ0v) is 19.5. The fraction of sp³-hybridized carbons (Fsp3) is 0.400. The summed E-state index contributed by atoms with van der Waals surface area (Å²) in [6.07, 6.45) is 1.78. The third-order valence-corrected chi connectivity index (χ3v) is 6.27. The Bertz CT molecular complexity index is 1110. The summed E-state index contributed by atoms with van der Waals surface area (Å²) >= 11 is 0.